The second-order valence-corrected chi connectivity index (χ2v) is 2.44. The number of hydrogen-bond acceptors (Lipinski definition) is 0. The molecule has 0 aliphatic carbocycles. The number of terminal acetylenes is 1. The second kappa shape index (κ2) is 4.27. The highest BCUT2D eigenvalue weighted by atomic mass is 13.9. The zero-order chi connectivity index (χ0) is 8.81. The van der Waals surface area contributed by atoms with E-state index in [1.54, 1.807) is 0 Å². The van der Waals surface area contributed by atoms with Crippen LogP contribution >= 0.6 is 0 Å². The van der Waals surface area contributed by atoms with Gasteiger partial charge >= 0.3 is 0 Å². The van der Waals surface area contributed by atoms with E-state index in [0.29, 0.717) is 0 Å². The topological polar surface area (TPSA) is 0 Å². The molecule has 0 atom stereocenters. The van der Waals surface area contributed by atoms with Crippen molar-refractivity contribution >= 4 is 0 Å². The largest absolute Gasteiger partial charge is 0.106 e. The Morgan fingerprint density at radius 1 is 1.25 bits per heavy atom. The summed E-state index contributed by atoms with van der Waals surface area (Å²) in [6.07, 6.45) is 6.07. The molecule has 0 aromatic heterocycles. The van der Waals surface area contributed by atoms with Crippen LogP contribution in [-0.4, -0.2) is 0 Å². The first-order valence-corrected chi connectivity index (χ1v) is 3.92. The minimum Gasteiger partial charge on any atom is -0.106 e. The van der Waals surface area contributed by atoms with Gasteiger partial charge in [0.1, 0.15) is 0 Å². The number of benzene rings is 1. The number of aryl methyl sites for hydroxylation is 1. The van der Waals surface area contributed by atoms with Gasteiger partial charge in [0.15, 0.2) is 0 Å². The molecule has 0 amide bonds. The van der Waals surface area contributed by atoms with Crippen LogP contribution in [0.5, 0.6) is 0 Å². The van der Waals surface area contributed by atoms with E-state index < -0.39 is 0 Å². The van der Waals surface area contributed by atoms with Gasteiger partial charge in [0.25, 0.3) is 0 Å². The van der Waals surface area contributed by atoms with E-state index in [1.807, 2.05) is 12.1 Å². The van der Waals surface area contributed by atoms with Gasteiger partial charge < -0.3 is 0 Å². The van der Waals surface area contributed by atoms with Gasteiger partial charge in [0.2, 0.25) is 0 Å². The van der Waals surface area contributed by atoms with Crippen molar-refractivity contribution in [3.63, 3.8) is 0 Å². The van der Waals surface area contributed by atoms with Crippen LogP contribution in [0.4, 0.5) is 0 Å². The lowest BCUT2D eigenvalue weighted by Gasteiger charge is -1.94. The van der Waals surface area contributed by atoms with Crippen LogP contribution in [0.2, 0.25) is 0 Å². The predicted octanol–water partition coefficient (Wildman–Crippen LogP) is 2.23. The number of rotatable bonds is 1. The first kappa shape index (κ1) is 8.44. The van der Waals surface area contributed by atoms with Crippen LogP contribution in [-0.2, 0) is 6.42 Å². The maximum atomic E-state index is 5.01. The van der Waals surface area contributed by atoms with Crippen molar-refractivity contribution in [2.45, 2.75) is 13.3 Å². The summed E-state index contributed by atoms with van der Waals surface area (Å²) >= 11 is 0. The molecule has 0 aliphatic heterocycles. The highest BCUT2D eigenvalue weighted by Crippen LogP contribution is 2.03. The van der Waals surface area contributed by atoms with Crippen molar-refractivity contribution in [1.82, 2.24) is 0 Å². The third-order valence-corrected chi connectivity index (χ3v) is 1.64. The predicted molar refractivity (Wildman–Crippen MR) is 51.5 cm³/mol. The lowest BCUT2D eigenvalue weighted by atomic mass is 10.1. The van der Waals surface area contributed by atoms with E-state index in [-0.39, 0.29) is 0 Å². The molecule has 0 bridgehead atoms. The Bertz CT molecular complexity index is 338. The quantitative estimate of drug-likeness (QED) is 0.544. The second-order valence-electron chi connectivity index (χ2n) is 2.44. The molecule has 0 fully saturated rings. The zero-order valence-electron chi connectivity index (χ0n) is 7.09. The van der Waals surface area contributed by atoms with Crippen LogP contribution in [0.1, 0.15) is 18.1 Å². The van der Waals surface area contributed by atoms with Crippen LogP contribution in [0.25, 0.3) is 0 Å². The Morgan fingerprint density at radius 2 is 1.92 bits per heavy atom. The SMILES string of the molecule is C#CC#Cc1ccc(CC)cc1. The summed E-state index contributed by atoms with van der Waals surface area (Å²) in [6.45, 7) is 2.13. The normalized spacial score (nSPS) is 8.00. The Kier molecular flexibility index (Phi) is 3.00. The van der Waals surface area contributed by atoms with Gasteiger partial charge in [-0.1, -0.05) is 25.0 Å². The fourth-order valence-electron chi connectivity index (χ4n) is 0.932. The van der Waals surface area contributed by atoms with Gasteiger partial charge in [0.05, 0.1) is 0 Å². The summed E-state index contributed by atoms with van der Waals surface area (Å²) in [5, 5.41) is 0. The highest BCUT2D eigenvalue weighted by Gasteiger charge is 1.87. The third kappa shape index (κ3) is 2.19. The van der Waals surface area contributed by atoms with E-state index in [2.05, 4.69) is 36.8 Å². The van der Waals surface area contributed by atoms with E-state index in [1.165, 1.54) is 5.56 Å². The smallest absolute Gasteiger partial charge is 0.0255 e. The Hall–Kier alpha value is -1.66. The molecule has 0 heterocycles. The summed E-state index contributed by atoms with van der Waals surface area (Å²) in [7, 11) is 0. The summed E-state index contributed by atoms with van der Waals surface area (Å²) in [4.78, 5) is 0. The van der Waals surface area contributed by atoms with Crippen molar-refractivity contribution in [2.24, 2.45) is 0 Å². The molecular weight excluding hydrogens is 144 g/mol. The molecular formula is C12H10. The summed E-state index contributed by atoms with van der Waals surface area (Å²) < 4.78 is 0. The van der Waals surface area contributed by atoms with Crippen LogP contribution < -0.4 is 0 Å². The van der Waals surface area contributed by atoms with E-state index >= 15 is 0 Å². The standard InChI is InChI=1S/C12H10/c1-3-5-6-12-9-7-11(4-2)8-10-12/h1,7-10H,4H2,2H3. The van der Waals surface area contributed by atoms with Gasteiger partial charge in [-0.15, -0.1) is 6.42 Å². The molecule has 1 aromatic carbocycles. The van der Waals surface area contributed by atoms with E-state index in [0.717, 1.165) is 12.0 Å². The average molecular weight is 154 g/mol. The molecule has 12 heavy (non-hydrogen) atoms. The average Bonchev–Trinajstić information content (AvgIpc) is 2.15. The van der Waals surface area contributed by atoms with Crippen LogP contribution in [0.15, 0.2) is 24.3 Å². The first-order valence-electron chi connectivity index (χ1n) is 3.92. The molecule has 0 aliphatic rings. The molecule has 0 unspecified atom stereocenters. The Balaban J connectivity index is 2.87. The zero-order valence-corrected chi connectivity index (χ0v) is 7.09. The molecule has 0 radical (unpaired) electrons. The lowest BCUT2D eigenvalue weighted by Crippen LogP contribution is -1.79. The van der Waals surface area contributed by atoms with Crippen molar-refractivity contribution in [3.05, 3.63) is 35.4 Å². The van der Waals surface area contributed by atoms with Crippen LogP contribution in [0, 0.1) is 24.2 Å². The first-order chi connectivity index (χ1) is 5.86. The fourth-order valence-corrected chi connectivity index (χ4v) is 0.932. The Labute approximate surface area is 73.6 Å². The minimum absolute atomic E-state index is 0.977. The molecule has 0 saturated heterocycles. The summed E-state index contributed by atoms with van der Waals surface area (Å²) in [5.74, 6) is 7.72. The molecule has 1 rings (SSSR count). The molecule has 0 saturated carbocycles. The van der Waals surface area contributed by atoms with Crippen molar-refractivity contribution in [1.29, 1.82) is 0 Å². The van der Waals surface area contributed by atoms with Gasteiger partial charge in [-0.2, -0.15) is 0 Å². The van der Waals surface area contributed by atoms with Gasteiger partial charge in [0, 0.05) is 5.56 Å². The monoisotopic (exact) mass is 154 g/mol. The van der Waals surface area contributed by atoms with Crippen LogP contribution in [0.3, 0.4) is 0 Å². The maximum absolute atomic E-state index is 5.01. The lowest BCUT2D eigenvalue weighted by molar-refractivity contribution is 1.14. The minimum atomic E-state index is 0.977. The fraction of sp³-hybridized carbons (Fsp3) is 0.167. The van der Waals surface area contributed by atoms with E-state index in [4.69, 9.17) is 6.42 Å². The maximum Gasteiger partial charge on any atom is 0.0255 e. The molecule has 1 aromatic rings. The molecule has 58 valence electrons. The van der Waals surface area contributed by atoms with E-state index in [9.17, 15) is 0 Å². The molecule has 0 nitrogen and oxygen atoms in total. The van der Waals surface area contributed by atoms with Crippen molar-refractivity contribution in [3.8, 4) is 24.2 Å². The third-order valence-electron chi connectivity index (χ3n) is 1.64. The van der Waals surface area contributed by atoms with Gasteiger partial charge in [-0.05, 0) is 36.0 Å². The Morgan fingerprint density at radius 3 is 2.42 bits per heavy atom. The highest BCUT2D eigenvalue weighted by molar-refractivity contribution is 5.40. The molecule has 0 N–H and O–H groups in total. The summed E-state index contributed by atoms with van der Waals surface area (Å²) in [6, 6.07) is 8.12. The van der Waals surface area contributed by atoms with Crippen molar-refractivity contribution in [2.75, 3.05) is 0 Å². The summed E-state index contributed by atoms with van der Waals surface area (Å²) in [5.41, 5.74) is 2.30. The molecule has 0 heteroatoms. The molecule has 0 spiro atoms. The van der Waals surface area contributed by atoms with Crippen molar-refractivity contribution < 1.29 is 0 Å². The van der Waals surface area contributed by atoms with Gasteiger partial charge in [-0.25, -0.2) is 0 Å². The van der Waals surface area contributed by atoms with Gasteiger partial charge in [-0.3, -0.25) is 0 Å². The number of hydrogen-bond donors (Lipinski definition) is 0.